The van der Waals surface area contributed by atoms with Gasteiger partial charge in [-0.1, -0.05) is 12.1 Å². The van der Waals surface area contributed by atoms with Gasteiger partial charge in [0.25, 0.3) is 5.91 Å². The number of nitrogens with one attached hydrogen (secondary N) is 2. The summed E-state index contributed by atoms with van der Waals surface area (Å²) in [6.07, 6.45) is 0. The van der Waals surface area contributed by atoms with E-state index < -0.39 is 0 Å². The van der Waals surface area contributed by atoms with Crippen molar-refractivity contribution in [3.05, 3.63) is 53.6 Å². The molecule has 8 heteroatoms. The van der Waals surface area contributed by atoms with Crippen LogP contribution in [-0.2, 0) is 6.54 Å². The van der Waals surface area contributed by atoms with Crippen molar-refractivity contribution in [3.8, 4) is 0 Å². The second kappa shape index (κ2) is 5.23. The standard InChI is InChI=1S/C17H13N7O/c25-16(10-5-6-13-14(9-10)22-23-21-13)20-17-19-12-4-2-1-3-11(12)15-18-7-8-24(15)17/h1-6,9,18H,7-8H2,(H,21,22,23). The Kier molecular flexibility index (Phi) is 2.90. The molecular formula is C17H13N7O. The minimum atomic E-state index is -0.353. The molecule has 5 rings (SSSR count). The summed E-state index contributed by atoms with van der Waals surface area (Å²) in [6, 6.07) is 12.9. The van der Waals surface area contributed by atoms with Gasteiger partial charge in [-0.25, -0.2) is 4.98 Å². The number of hydrogen-bond acceptors (Lipinski definition) is 5. The van der Waals surface area contributed by atoms with Gasteiger partial charge in [-0.15, -0.1) is 0 Å². The van der Waals surface area contributed by atoms with Crippen LogP contribution in [0.4, 0.5) is 5.82 Å². The number of carbonyl (C=O) groups excluding carboxylic acids is 1. The van der Waals surface area contributed by atoms with Gasteiger partial charge in [0.2, 0.25) is 5.62 Å². The third-order valence-corrected chi connectivity index (χ3v) is 4.28. The first-order chi connectivity index (χ1) is 12.3. The first-order valence-corrected chi connectivity index (χ1v) is 7.93. The fraction of sp³-hybridized carbons (Fsp3) is 0.118. The Morgan fingerprint density at radius 1 is 1.08 bits per heavy atom. The lowest BCUT2D eigenvalue weighted by molar-refractivity contribution is 0.0996. The van der Waals surface area contributed by atoms with Crippen molar-refractivity contribution < 1.29 is 4.79 Å². The Balaban J connectivity index is 1.68. The van der Waals surface area contributed by atoms with E-state index in [1.54, 1.807) is 18.2 Å². The molecule has 3 heterocycles. The van der Waals surface area contributed by atoms with Crippen molar-refractivity contribution >= 4 is 33.7 Å². The van der Waals surface area contributed by atoms with Crippen LogP contribution in [-0.4, -0.2) is 37.4 Å². The monoisotopic (exact) mass is 331 g/mol. The predicted octanol–water partition coefficient (Wildman–Crippen LogP) is 1.47. The van der Waals surface area contributed by atoms with Crippen molar-refractivity contribution in [2.24, 2.45) is 4.99 Å². The maximum absolute atomic E-state index is 12.6. The van der Waals surface area contributed by atoms with E-state index in [-0.39, 0.29) is 5.91 Å². The maximum atomic E-state index is 12.6. The number of para-hydroxylation sites is 1. The molecule has 0 atom stereocenters. The van der Waals surface area contributed by atoms with Gasteiger partial charge in [0, 0.05) is 24.0 Å². The molecule has 0 aliphatic carbocycles. The lowest BCUT2D eigenvalue weighted by atomic mass is 10.2. The highest BCUT2D eigenvalue weighted by Crippen LogP contribution is 2.22. The van der Waals surface area contributed by atoms with Crippen molar-refractivity contribution in [3.63, 3.8) is 0 Å². The van der Waals surface area contributed by atoms with Gasteiger partial charge >= 0.3 is 0 Å². The predicted molar refractivity (Wildman–Crippen MR) is 92.0 cm³/mol. The minimum Gasteiger partial charge on any atom is -0.369 e. The summed E-state index contributed by atoms with van der Waals surface area (Å²) in [4.78, 5) is 21.4. The Morgan fingerprint density at radius 3 is 2.92 bits per heavy atom. The molecule has 0 fully saturated rings. The van der Waals surface area contributed by atoms with Crippen LogP contribution in [0.15, 0.2) is 47.5 Å². The van der Waals surface area contributed by atoms with Crippen LogP contribution in [0.25, 0.3) is 21.9 Å². The number of nitrogens with zero attached hydrogens (tertiary/aromatic N) is 5. The number of anilines is 1. The fourth-order valence-electron chi connectivity index (χ4n) is 3.09. The lowest BCUT2D eigenvalue weighted by Gasteiger charge is -2.07. The van der Waals surface area contributed by atoms with E-state index in [0.29, 0.717) is 22.2 Å². The zero-order chi connectivity index (χ0) is 16.8. The second-order valence-corrected chi connectivity index (χ2v) is 5.80. The summed E-state index contributed by atoms with van der Waals surface area (Å²) in [6.45, 7) is 1.51. The van der Waals surface area contributed by atoms with E-state index >= 15 is 0 Å². The van der Waals surface area contributed by atoms with Gasteiger partial charge in [-0.05, 0) is 30.3 Å². The minimum absolute atomic E-state index is 0.353. The highest BCUT2D eigenvalue weighted by Gasteiger charge is 2.16. The summed E-state index contributed by atoms with van der Waals surface area (Å²) in [5.74, 6) is 0.596. The number of benzene rings is 2. The van der Waals surface area contributed by atoms with E-state index in [1.165, 1.54) is 0 Å². The normalized spacial score (nSPS) is 14.0. The number of H-pyrrole nitrogens is 1. The molecule has 4 aromatic rings. The van der Waals surface area contributed by atoms with Gasteiger partial charge in [-0.3, -0.25) is 9.36 Å². The third kappa shape index (κ3) is 2.18. The van der Waals surface area contributed by atoms with E-state index in [2.05, 4.69) is 30.7 Å². The molecule has 1 aliphatic rings. The second-order valence-electron chi connectivity index (χ2n) is 5.80. The first kappa shape index (κ1) is 13.8. The van der Waals surface area contributed by atoms with Gasteiger partial charge in [-0.2, -0.15) is 20.4 Å². The number of carbonyl (C=O) groups is 1. The van der Waals surface area contributed by atoms with Crippen LogP contribution in [0, 0.1) is 0 Å². The van der Waals surface area contributed by atoms with Crippen molar-refractivity contribution in [2.45, 2.75) is 6.54 Å². The van der Waals surface area contributed by atoms with Crippen LogP contribution in [0.3, 0.4) is 0 Å². The van der Waals surface area contributed by atoms with Crippen molar-refractivity contribution in [1.82, 2.24) is 25.0 Å². The zero-order valence-corrected chi connectivity index (χ0v) is 13.1. The third-order valence-electron chi connectivity index (χ3n) is 4.28. The summed E-state index contributed by atoms with van der Waals surface area (Å²) in [5, 5.41) is 14.9. The molecule has 0 saturated carbocycles. The van der Waals surface area contributed by atoms with Gasteiger partial charge in [0.05, 0.1) is 5.52 Å². The van der Waals surface area contributed by atoms with Gasteiger partial charge in [0.1, 0.15) is 16.9 Å². The van der Waals surface area contributed by atoms with Gasteiger partial charge in [0.15, 0.2) is 0 Å². The van der Waals surface area contributed by atoms with Crippen LogP contribution in [0.2, 0.25) is 0 Å². The van der Waals surface area contributed by atoms with Crippen LogP contribution < -0.4 is 10.9 Å². The summed E-state index contributed by atoms with van der Waals surface area (Å²) in [5.41, 5.74) is 3.01. The first-order valence-electron chi connectivity index (χ1n) is 7.93. The zero-order valence-electron chi connectivity index (χ0n) is 13.1. The summed E-state index contributed by atoms with van der Waals surface area (Å²) in [7, 11) is 0. The number of fused-ring (bicyclic) bond motifs is 4. The van der Waals surface area contributed by atoms with Crippen LogP contribution >= 0.6 is 0 Å². The molecule has 25 heavy (non-hydrogen) atoms. The number of rotatable bonds is 1. The smallest absolute Gasteiger partial charge is 0.280 e. The molecule has 1 aliphatic heterocycles. The number of hydrogen-bond donors (Lipinski definition) is 2. The van der Waals surface area contributed by atoms with Crippen molar-refractivity contribution in [2.75, 3.05) is 11.9 Å². The fourth-order valence-corrected chi connectivity index (χ4v) is 3.09. The highest BCUT2D eigenvalue weighted by molar-refractivity contribution is 5.98. The van der Waals surface area contributed by atoms with E-state index in [4.69, 9.17) is 0 Å². The maximum Gasteiger partial charge on any atom is 0.280 e. The molecule has 8 nitrogen and oxygen atoms in total. The molecule has 0 unspecified atom stereocenters. The van der Waals surface area contributed by atoms with E-state index in [1.807, 2.05) is 28.8 Å². The molecular weight excluding hydrogens is 318 g/mol. The number of aromatic nitrogens is 5. The lowest BCUT2D eigenvalue weighted by Crippen LogP contribution is -2.24. The molecule has 2 N–H and O–H groups in total. The molecule has 0 spiro atoms. The average molecular weight is 331 g/mol. The molecule has 2 aromatic heterocycles. The molecule has 0 saturated heterocycles. The summed E-state index contributed by atoms with van der Waals surface area (Å²) >= 11 is 0. The quantitative estimate of drug-likeness (QED) is 0.550. The Labute approximate surface area is 141 Å². The van der Waals surface area contributed by atoms with Crippen LogP contribution in [0.5, 0.6) is 0 Å². The molecule has 2 aromatic carbocycles. The number of amides is 1. The summed E-state index contributed by atoms with van der Waals surface area (Å²) < 4.78 is 1.94. The Bertz CT molecular complexity index is 1200. The van der Waals surface area contributed by atoms with Gasteiger partial charge < -0.3 is 5.32 Å². The largest absolute Gasteiger partial charge is 0.369 e. The SMILES string of the molecule is O=C(N=c1nc2ccccc2c2n1CCN2)c1ccc2n[nH]nc2c1. The van der Waals surface area contributed by atoms with Crippen LogP contribution in [0.1, 0.15) is 10.4 Å². The average Bonchev–Trinajstić information content (AvgIpc) is 3.30. The topological polar surface area (TPSA) is 101 Å². The highest BCUT2D eigenvalue weighted by atomic mass is 16.1. The Hall–Kier alpha value is -3.55. The Morgan fingerprint density at radius 2 is 1.96 bits per heavy atom. The van der Waals surface area contributed by atoms with Crippen molar-refractivity contribution in [1.29, 1.82) is 0 Å². The molecule has 0 radical (unpaired) electrons. The molecule has 0 bridgehead atoms. The number of aromatic amines is 1. The van der Waals surface area contributed by atoms with E-state index in [0.717, 1.165) is 29.8 Å². The van der Waals surface area contributed by atoms with E-state index in [9.17, 15) is 4.79 Å². The molecule has 122 valence electrons. The molecule has 1 amide bonds.